The van der Waals surface area contributed by atoms with Gasteiger partial charge in [0.25, 0.3) is 0 Å². The van der Waals surface area contributed by atoms with Gasteiger partial charge in [-0.1, -0.05) is 15.9 Å². The van der Waals surface area contributed by atoms with Crippen molar-refractivity contribution < 1.29 is 9.21 Å². The van der Waals surface area contributed by atoms with Crippen LogP contribution in [0, 0.1) is 5.92 Å². The van der Waals surface area contributed by atoms with E-state index in [9.17, 15) is 4.79 Å². The molecule has 1 saturated carbocycles. The van der Waals surface area contributed by atoms with Crippen LogP contribution in [0.3, 0.4) is 0 Å². The van der Waals surface area contributed by atoms with Crippen LogP contribution in [0.4, 0.5) is 0 Å². The van der Waals surface area contributed by atoms with Crippen molar-refractivity contribution in [1.82, 2.24) is 0 Å². The van der Waals surface area contributed by atoms with Gasteiger partial charge >= 0.3 is 0 Å². The Balaban J connectivity index is 2.09. The number of hydrogen-bond acceptors (Lipinski definition) is 2. The normalized spacial score (nSPS) is 15.8. The molecule has 2 nitrogen and oxygen atoms in total. The van der Waals surface area contributed by atoms with Gasteiger partial charge in [-0.2, -0.15) is 0 Å². The molecule has 0 N–H and O–H groups in total. The summed E-state index contributed by atoms with van der Waals surface area (Å²) < 4.78 is 6.52. The number of rotatable bonds is 2. The lowest BCUT2D eigenvalue weighted by molar-refractivity contribution is 0.0942. The lowest BCUT2D eigenvalue weighted by atomic mass is 10.2. The summed E-state index contributed by atoms with van der Waals surface area (Å²) in [6, 6.07) is 7.59. The number of halogens is 1. The minimum atomic E-state index is 0.155. The number of carbonyl (C=O) groups excluding carboxylic acids is 1. The molecule has 2 aromatic rings. The molecule has 1 aliphatic rings. The van der Waals surface area contributed by atoms with Crippen LogP contribution < -0.4 is 0 Å². The number of Topliss-reactive ketones (excluding diaryl/α,β-unsaturated/α-hetero) is 1. The highest BCUT2D eigenvalue weighted by Crippen LogP contribution is 2.34. The van der Waals surface area contributed by atoms with E-state index >= 15 is 0 Å². The van der Waals surface area contributed by atoms with E-state index < -0.39 is 0 Å². The predicted molar refractivity (Wildman–Crippen MR) is 61.0 cm³/mol. The number of carbonyl (C=O) groups is 1. The van der Waals surface area contributed by atoms with Gasteiger partial charge in [0.2, 0.25) is 5.78 Å². The second-order valence-electron chi connectivity index (χ2n) is 3.93. The SMILES string of the molecule is O=C(c1cc2cc(Br)ccc2o1)C1CC1. The summed E-state index contributed by atoms with van der Waals surface area (Å²) in [4.78, 5) is 11.8. The Kier molecular flexibility index (Phi) is 1.96. The Bertz CT molecular complexity index is 538. The minimum absolute atomic E-state index is 0.155. The first kappa shape index (κ1) is 9.16. The largest absolute Gasteiger partial charge is 0.453 e. The van der Waals surface area contributed by atoms with E-state index in [4.69, 9.17) is 4.42 Å². The fourth-order valence-electron chi connectivity index (χ4n) is 1.68. The molecular weight excluding hydrogens is 256 g/mol. The molecule has 1 aromatic heterocycles. The molecule has 0 aliphatic heterocycles. The fraction of sp³-hybridized carbons (Fsp3) is 0.250. The zero-order chi connectivity index (χ0) is 10.4. The van der Waals surface area contributed by atoms with Crippen LogP contribution in [0.5, 0.6) is 0 Å². The standard InChI is InChI=1S/C12H9BrO2/c13-9-3-4-10-8(5-9)6-11(15-10)12(14)7-1-2-7/h3-7H,1-2H2. The highest BCUT2D eigenvalue weighted by Gasteiger charge is 2.32. The predicted octanol–water partition coefficient (Wildman–Crippen LogP) is 3.79. The first-order valence-corrected chi connectivity index (χ1v) is 5.76. The molecule has 0 amide bonds. The molecule has 0 saturated heterocycles. The summed E-state index contributed by atoms with van der Waals surface area (Å²) in [5, 5.41) is 0.980. The van der Waals surface area contributed by atoms with Crippen molar-refractivity contribution in [3.8, 4) is 0 Å². The number of furan rings is 1. The molecule has 76 valence electrons. The molecule has 0 unspecified atom stereocenters. The van der Waals surface area contributed by atoms with E-state index in [1.54, 1.807) is 0 Å². The number of ketones is 1. The van der Waals surface area contributed by atoms with Crippen molar-refractivity contribution in [3.05, 3.63) is 34.5 Å². The Labute approximate surface area is 95.4 Å². The van der Waals surface area contributed by atoms with Gasteiger partial charge in [0.05, 0.1) is 0 Å². The molecule has 0 atom stereocenters. The van der Waals surface area contributed by atoms with Crippen molar-refractivity contribution in [1.29, 1.82) is 0 Å². The van der Waals surface area contributed by atoms with Gasteiger partial charge in [-0.25, -0.2) is 0 Å². The van der Waals surface area contributed by atoms with Crippen LogP contribution in [0.25, 0.3) is 11.0 Å². The van der Waals surface area contributed by atoms with Crippen molar-refractivity contribution >= 4 is 32.7 Å². The quantitative estimate of drug-likeness (QED) is 0.773. The van der Waals surface area contributed by atoms with Crippen LogP contribution in [-0.4, -0.2) is 5.78 Å². The third-order valence-corrected chi connectivity index (χ3v) is 3.16. The zero-order valence-corrected chi connectivity index (χ0v) is 9.58. The molecule has 0 radical (unpaired) electrons. The lowest BCUT2D eigenvalue weighted by Crippen LogP contribution is -1.98. The van der Waals surface area contributed by atoms with Gasteiger partial charge in [-0.05, 0) is 37.1 Å². The molecule has 1 aliphatic carbocycles. The van der Waals surface area contributed by atoms with Crippen LogP contribution in [0.2, 0.25) is 0 Å². The summed E-state index contributed by atoms with van der Waals surface area (Å²) in [6.07, 6.45) is 2.03. The molecule has 3 rings (SSSR count). The van der Waals surface area contributed by atoms with Gasteiger partial charge in [-0.3, -0.25) is 4.79 Å². The Morgan fingerprint density at radius 3 is 2.87 bits per heavy atom. The maximum Gasteiger partial charge on any atom is 0.201 e. The molecule has 1 fully saturated rings. The molecule has 15 heavy (non-hydrogen) atoms. The smallest absolute Gasteiger partial charge is 0.201 e. The van der Waals surface area contributed by atoms with Gasteiger partial charge in [0, 0.05) is 15.8 Å². The summed E-state index contributed by atoms with van der Waals surface area (Å²) in [6.45, 7) is 0. The molecule has 3 heteroatoms. The third-order valence-electron chi connectivity index (χ3n) is 2.67. The summed E-state index contributed by atoms with van der Waals surface area (Å²) in [7, 11) is 0. The van der Waals surface area contributed by atoms with E-state index in [0.29, 0.717) is 5.76 Å². The van der Waals surface area contributed by atoms with Crippen molar-refractivity contribution in [3.63, 3.8) is 0 Å². The second-order valence-corrected chi connectivity index (χ2v) is 4.85. The van der Waals surface area contributed by atoms with Crippen LogP contribution in [0.1, 0.15) is 23.4 Å². The topological polar surface area (TPSA) is 30.2 Å². The first-order chi connectivity index (χ1) is 7.24. The van der Waals surface area contributed by atoms with E-state index in [1.165, 1.54) is 0 Å². The zero-order valence-electron chi connectivity index (χ0n) is 8.00. The fourth-order valence-corrected chi connectivity index (χ4v) is 2.06. The maximum absolute atomic E-state index is 11.8. The van der Waals surface area contributed by atoms with Gasteiger partial charge in [-0.15, -0.1) is 0 Å². The van der Waals surface area contributed by atoms with E-state index in [2.05, 4.69) is 15.9 Å². The summed E-state index contributed by atoms with van der Waals surface area (Å²) in [5.74, 6) is 0.877. The molecule has 0 bridgehead atoms. The summed E-state index contributed by atoms with van der Waals surface area (Å²) in [5.41, 5.74) is 0.780. The monoisotopic (exact) mass is 264 g/mol. The number of hydrogen-bond donors (Lipinski definition) is 0. The van der Waals surface area contributed by atoms with Crippen molar-refractivity contribution in [2.24, 2.45) is 5.92 Å². The molecule has 1 heterocycles. The van der Waals surface area contributed by atoms with Crippen LogP contribution in [0.15, 0.2) is 33.2 Å². The summed E-state index contributed by atoms with van der Waals surface area (Å²) >= 11 is 3.39. The third kappa shape index (κ3) is 1.61. The Morgan fingerprint density at radius 2 is 2.13 bits per heavy atom. The average Bonchev–Trinajstić information content (AvgIpc) is 2.97. The average molecular weight is 265 g/mol. The Morgan fingerprint density at radius 1 is 1.33 bits per heavy atom. The number of benzene rings is 1. The lowest BCUT2D eigenvalue weighted by Gasteiger charge is -1.90. The van der Waals surface area contributed by atoms with Gasteiger partial charge < -0.3 is 4.42 Å². The molecular formula is C12H9BrO2. The highest BCUT2D eigenvalue weighted by molar-refractivity contribution is 9.10. The van der Waals surface area contributed by atoms with Gasteiger partial charge in [0.15, 0.2) is 5.76 Å². The molecule has 0 spiro atoms. The van der Waals surface area contributed by atoms with E-state index in [1.807, 2.05) is 24.3 Å². The van der Waals surface area contributed by atoms with Crippen LogP contribution >= 0.6 is 15.9 Å². The first-order valence-electron chi connectivity index (χ1n) is 4.97. The minimum Gasteiger partial charge on any atom is -0.453 e. The number of fused-ring (bicyclic) bond motifs is 1. The van der Waals surface area contributed by atoms with Gasteiger partial charge in [0.1, 0.15) is 5.58 Å². The Hall–Kier alpha value is -1.09. The highest BCUT2D eigenvalue weighted by atomic mass is 79.9. The van der Waals surface area contributed by atoms with E-state index in [0.717, 1.165) is 28.3 Å². The maximum atomic E-state index is 11.8. The second kappa shape index (κ2) is 3.20. The van der Waals surface area contributed by atoms with Crippen LogP contribution in [-0.2, 0) is 0 Å². The molecule has 1 aromatic carbocycles. The van der Waals surface area contributed by atoms with E-state index in [-0.39, 0.29) is 11.7 Å². The van der Waals surface area contributed by atoms with Crippen molar-refractivity contribution in [2.45, 2.75) is 12.8 Å². The van der Waals surface area contributed by atoms with Crippen molar-refractivity contribution in [2.75, 3.05) is 0 Å².